The maximum absolute atomic E-state index is 12.6. The van der Waals surface area contributed by atoms with Crippen LogP contribution in [0, 0.1) is 0 Å². The van der Waals surface area contributed by atoms with Gasteiger partial charge in [-0.1, -0.05) is 30.5 Å². The van der Waals surface area contributed by atoms with E-state index < -0.39 is 12.7 Å². The number of ether oxygens (including phenoxy) is 1. The molecule has 16 heavy (non-hydrogen) atoms. The highest BCUT2D eigenvalue weighted by Crippen LogP contribution is 2.62. The third-order valence-electron chi connectivity index (χ3n) is 1.76. The highest BCUT2D eigenvalue weighted by atomic mass is 32.7. The van der Waals surface area contributed by atoms with Crippen molar-refractivity contribution in [3.05, 3.63) is 0 Å². The molecule has 5 nitrogen and oxygen atoms in total. The first kappa shape index (κ1) is 15.7. The molecule has 8 heteroatoms. The Labute approximate surface area is 106 Å². The van der Waals surface area contributed by atoms with Crippen LogP contribution in [-0.4, -0.2) is 47.4 Å². The summed E-state index contributed by atoms with van der Waals surface area (Å²) in [5.41, 5.74) is 1.28. The summed E-state index contributed by atoms with van der Waals surface area (Å²) >= 11 is 5.93. The van der Waals surface area contributed by atoms with Gasteiger partial charge in [0.1, 0.15) is 0 Å². The largest absolute Gasteiger partial charge is 0.449 e. The van der Waals surface area contributed by atoms with E-state index in [1.807, 2.05) is 6.92 Å². The van der Waals surface area contributed by atoms with Gasteiger partial charge < -0.3 is 4.74 Å². The van der Waals surface area contributed by atoms with E-state index in [9.17, 15) is 9.36 Å². The molecule has 1 atom stereocenters. The lowest BCUT2D eigenvalue weighted by Gasteiger charge is -2.31. The van der Waals surface area contributed by atoms with Crippen molar-refractivity contribution in [1.29, 1.82) is 0 Å². The van der Waals surface area contributed by atoms with Crippen molar-refractivity contribution in [2.24, 2.45) is 0 Å². The molecule has 0 aliphatic rings. The summed E-state index contributed by atoms with van der Waals surface area (Å²) in [6, 6.07) is 0. The molecule has 1 unspecified atom stereocenters. The summed E-state index contributed by atoms with van der Waals surface area (Å²) in [5.74, 6) is 0.620. The lowest BCUT2D eigenvalue weighted by Crippen LogP contribution is -2.30. The van der Waals surface area contributed by atoms with Crippen molar-refractivity contribution in [1.82, 2.24) is 9.34 Å². The summed E-state index contributed by atoms with van der Waals surface area (Å²) in [6.45, 7) is 0.783. The minimum Gasteiger partial charge on any atom is -0.449 e. The third kappa shape index (κ3) is 3.64. The predicted octanol–water partition coefficient (Wildman–Crippen LogP) is 2.82. The quantitative estimate of drug-likeness (QED) is 0.552. The normalized spacial score (nSPS) is 13.8. The molecule has 0 heterocycles. The molecule has 0 rings (SSSR count). The number of carbonyl (C=O) groups excluding carboxylic acids is 1. The zero-order valence-corrected chi connectivity index (χ0v) is 12.4. The summed E-state index contributed by atoms with van der Waals surface area (Å²) in [5, 5.41) is 0. The Balaban J connectivity index is 4.96. The van der Waals surface area contributed by atoms with Crippen LogP contribution in [0.4, 0.5) is 4.79 Å². The maximum atomic E-state index is 12.6. The first-order valence-corrected chi connectivity index (χ1v) is 8.45. The first-order chi connectivity index (χ1) is 7.43. The topological polar surface area (TPSA) is 49.9 Å². The summed E-state index contributed by atoms with van der Waals surface area (Å²) in [7, 11) is 3.04. The molecule has 0 saturated carbocycles. The Hall–Kier alpha value is -0.260. The molecule has 0 spiro atoms. The minimum atomic E-state index is -3.04. The molecule has 0 aromatic carbocycles. The molecule has 0 aliphatic heterocycles. The molecule has 0 fully saturated rings. The molecular formula is C8H17N2O3PS2. The Kier molecular flexibility index (Phi) is 7.03. The van der Waals surface area contributed by atoms with Gasteiger partial charge in [0.05, 0.1) is 12.1 Å². The molecule has 1 amide bonds. The van der Waals surface area contributed by atoms with Crippen molar-refractivity contribution < 1.29 is 14.1 Å². The van der Waals surface area contributed by atoms with Crippen molar-refractivity contribution in [3.63, 3.8) is 0 Å². The maximum Gasteiger partial charge on any atom is 0.416 e. The number of amides is 1. The number of rotatable bonds is 6. The van der Waals surface area contributed by atoms with E-state index >= 15 is 0 Å². The molecule has 0 bridgehead atoms. The van der Waals surface area contributed by atoms with Gasteiger partial charge in [-0.2, -0.15) is 0 Å². The van der Waals surface area contributed by atoms with Gasteiger partial charge in [0, 0.05) is 19.8 Å². The van der Waals surface area contributed by atoms with E-state index in [1.54, 1.807) is 14.0 Å². The summed E-state index contributed by atoms with van der Waals surface area (Å²) in [6.07, 6.45) is -0.601. The predicted molar refractivity (Wildman–Crippen MR) is 71.9 cm³/mol. The molecule has 94 valence electrons. The Morgan fingerprint density at radius 3 is 2.44 bits per heavy atom. The van der Waals surface area contributed by atoms with Crippen molar-refractivity contribution in [2.75, 3.05) is 26.5 Å². The number of hydrogen-bond donors (Lipinski definition) is 0. The van der Waals surface area contributed by atoms with Gasteiger partial charge in [0.25, 0.3) is 0 Å². The van der Waals surface area contributed by atoms with Crippen LogP contribution in [-0.2, 0) is 9.30 Å². The fraction of sp³-hybridized carbons (Fsp3) is 0.750. The van der Waals surface area contributed by atoms with Crippen LogP contribution >= 0.6 is 30.2 Å². The molecule has 0 aliphatic carbocycles. The van der Waals surface area contributed by atoms with Crippen LogP contribution in [0.1, 0.15) is 13.8 Å². The molecular weight excluding hydrogens is 267 g/mol. The van der Waals surface area contributed by atoms with Gasteiger partial charge in [-0.25, -0.2) is 9.46 Å². The van der Waals surface area contributed by atoms with E-state index in [4.69, 9.17) is 17.0 Å². The Bertz CT molecular complexity index is 301. The number of thiocarbonyl (C=S) groups is 1. The standard InChI is InChI=1S/C8H17N2O3PS2/c1-5-13-8(11)10(4)14(12,16-6-2)9(3)7-15/h7H,5-6H2,1-4H3. The minimum absolute atomic E-state index is 0.251. The molecule has 0 saturated heterocycles. The van der Waals surface area contributed by atoms with Crippen LogP contribution in [0.3, 0.4) is 0 Å². The van der Waals surface area contributed by atoms with E-state index in [0.29, 0.717) is 5.75 Å². The zero-order valence-electron chi connectivity index (χ0n) is 9.87. The van der Waals surface area contributed by atoms with Crippen LogP contribution in [0.15, 0.2) is 0 Å². The molecule has 0 aromatic heterocycles. The van der Waals surface area contributed by atoms with Crippen molar-refractivity contribution in [2.45, 2.75) is 13.8 Å². The number of carbonyl (C=O) groups is 1. The summed E-state index contributed by atoms with van der Waals surface area (Å²) in [4.78, 5) is 11.5. The molecule has 0 aromatic rings. The van der Waals surface area contributed by atoms with Crippen LogP contribution < -0.4 is 0 Å². The average molecular weight is 284 g/mol. The highest BCUT2D eigenvalue weighted by molar-refractivity contribution is 8.56. The monoisotopic (exact) mass is 284 g/mol. The third-order valence-corrected chi connectivity index (χ3v) is 7.95. The SMILES string of the molecule is CCOC(=O)N(C)P(=O)(SCC)N(C)C=S. The average Bonchev–Trinajstić information content (AvgIpc) is 2.27. The van der Waals surface area contributed by atoms with Gasteiger partial charge in [-0.15, -0.1) is 0 Å². The Morgan fingerprint density at radius 2 is 2.06 bits per heavy atom. The van der Waals surface area contributed by atoms with Crippen LogP contribution in [0.2, 0.25) is 0 Å². The van der Waals surface area contributed by atoms with E-state index in [0.717, 1.165) is 4.67 Å². The second kappa shape index (κ2) is 7.14. The highest BCUT2D eigenvalue weighted by Gasteiger charge is 2.35. The molecule has 0 N–H and O–H groups in total. The van der Waals surface area contributed by atoms with E-state index in [-0.39, 0.29) is 6.61 Å². The Morgan fingerprint density at radius 1 is 1.50 bits per heavy atom. The van der Waals surface area contributed by atoms with Gasteiger partial charge in [-0.3, -0.25) is 9.24 Å². The van der Waals surface area contributed by atoms with Crippen molar-refractivity contribution >= 4 is 41.8 Å². The van der Waals surface area contributed by atoms with E-state index in [2.05, 4.69) is 0 Å². The second-order valence-electron chi connectivity index (χ2n) is 2.81. The zero-order chi connectivity index (χ0) is 12.8. The number of hydrogen-bond acceptors (Lipinski definition) is 5. The number of nitrogens with zero attached hydrogens (tertiary/aromatic N) is 2. The van der Waals surface area contributed by atoms with Crippen LogP contribution in [0.25, 0.3) is 0 Å². The lowest BCUT2D eigenvalue weighted by molar-refractivity contribution is 0.135. The smallest absolute Gasteiger partial charge is 0.416 e. The second-order valence-corrected chi connectivity index (χ2v) is 8.27. The molecule has 0 radical (unpaired) electrons. The fourth-order valence-electron chi connectivity index (χ4n) is 0.937. The lowest BCUT2D eigenvalue weighted by atomic mass is 10.9. The summed E-state index contributed by atoms with van der Waals surface area (Å²) < 4.78 is 19.9. The fourth-order valence-corrected chi connectivity index (χ4v) is 5.41. The van der Waals surface area contributed by atoms with Gasteiger partial charge in [0.2, 0.25) is 0 Å². The van der Waals surface area contributed by atoms with Crippen LogP contribution in [0.5, 0.6) is 0 Å². The van der Waals surface area contributed by atoms with Gasteiger partial charge >= 0.3 is 12.7 Å². The van der Waals surface area contributed by atoms with Gasteiger partial charge in [-0.05, 0) is 6.92 Å². The van der Waals surface area contributed by atoms with Crippen molar-refractivity contribution in [3.8, 4) is 0 Å². The van der Waals surface area contributed by atoms with E-state index in [1.165, 1.54) is 28.6 Å². The first-order valence-electron chi connectivity index (χ1n) is 4.78. The van der Waals surface area contributed by atoms with Gasteiger partial charge in [0.15, 0.2) is 0 Å².